The van der Waals surface area contributed by atoms with Gasteiger partial charge < -0.3 is 4.74 Å². The Bertz CT molecular complexity index is 1030. The second-order valence-corrected chi connectivity index (χ2v) is 6.04. The fourth-order valence-electron chi connectivity index (χ4n) is 2.19. The van der Waals surface area contributed by atoms with Crippen LogP contribution in [0.5, 0.6) is 5.75 Å². The maximum atomic E-state index is 14.5. The van der Waals surface area contributed by atoms with Crippen molar-refractivity contribution >= 4 is 50.0 Å². The predicted octanol–water partition coefficient (Wildman–Crippen LogP) is 5.65. The molecule has 3 rings (SSSR count). The van der Waals surface area contributed by atoms with Crippen LogP contribution in [0.25, 0.3) is 22.0 Å². The molecule has 2 aromatic carbocycles. The predicted molar refractivity (Wildman–Crippen MR) is 89.2 cm³/mol. The van der Waals surface area contributed by atoms with Gasteiger partial charge in [0.25, 0.3) is 0 Å². The zero-order valence-corrected chi connectivity index (χ0v) is 14.1. The number of aromatic nitrogens is 2. The monoisotopic (exact) mass is 421 g/mol. The number of fused-ring (bicyclic) bond motifs is 1. The van der Waals surface area contributed by atoms with Crippen LogP contribution in [0.4, 0.5) is 8.78 Å². The second kappa shape index (κ2) is 6.19. The number of nitrogens with zero attached hydrogens (tertiary/aromatic N) is 2. The number of benzene rings is 2. The van der Waals surface area contributed by atoms with Crippen molar-refractivity contribution < 1.29 is 17.6 Å². The Kier molecular flexibility index (Phi) is 3.46. The summed E-state index contributed by atoms with van der Waals surface area (Å²) >= 11 is 14.9. The van der Waals surface area contributed by atoms with Crippen molar-refractivity contribution in [3.8, 4) is 16.9 Å². The maximum absolute atomic E-state index is 14.5. The highest BCUT2D eigenvalue weighted by atomic mass is 79.9. The van der Waals surface area contributed by atoms with E-state index in [0.29, 0.717) is 0 Å². The summed E-state index contributed by atoms with van der Waals surface area (Å²) < 4.78 is 55.0. The molecule has 3 nitrogen and oxygen atoms in total. The minimum absolute atomic E-state index is 0.0442. The Labute approximate surface area is 152 Å². The third kappa shape index (κ3) is 2.65. The summed E-state index contributed by atoms with van der Waals surface area (Å²) in [7, 11) is -2.76. The molecule has 3 aromatic rings. The van der Waals surface area contributed by atoms with Gasteiger partial charge in [0.05, 0.1) is 26.5 Å². The van der Waals surface area contributed by atoms with E-state index < -0.39 is 23.7 Å². The average molecular weight is 423 g/mol. The maximum Gasteiger partial charge on any atom is 0.152 e. The van der Waals surface area contributed by atoms with Crippen LogP contribution in [0, 0.1) is 11.6 Å². The van der Waals surface area contributed by atoms with E-state index in [4.69, 9.17) is 32.1 Å². The van der Waals surface area contributed by atoms with Crippen molar-refractivity contribution in [2.45, 2.75) is 0 Å². The zero-order valence-electron chi connectivity index (χ0n) is 14.0. The SMILES string of the molecule is [2H]C([2H])([2H])Oc1c(Br)cc(-c2ccc(F)c(Cl)c2F)c2ncnc(Cl)c12. The fourth-order valence-corrected chi connectivity index (χ4v) is 3.08. The number of ether oxygens (including phenoxy) is 1. The van der Waals surface area contributed by atoms with Gasteiger partial charge in [-0.3, -0.25) is 0 Å². The summed E-state index contributed by atoms with van der Waals surface area (Å²) in [4.78, 5) is 7.88. The third-order valence-electron chi connectivity index (χ3n) is 3.20. The van der Waals surface area contributed by atoms with Crippen molar-refractivity contribution in [3.63, 3.8) is 0 Å². The molecule has 23 heavy (non-hydrogen) atoms. The normalized spacial score (nSPS) is 13.5. The van der Waals surface area contributed by atoms with E-state index in [-0.39, 0.29) is 37.4 Å². The average Bonchev–Trinajstić information content (AvgIpc) is 2.54. The van der Waals surface area contributed by atoms with Gasteiger partial charge in [0.15, 0.2) is 5.82 Å². The van der Waals surface area contributed by atoms with Gasteiger partial charge in [-0.25, -0.2) is 18.7 Å². The molecule has 0 aliphatic rings. The number of rotatable bonds is 2. The number of hydrogen-bond acceptors (Lipinski definition) is 3. The van der Waals surface area contributed by atoms with Crippen molar-refractivity contribution in [2.75, 3.05) is 7.04 Å². The number of halogens is 5. The minimum atomic E-state index is -2.76. The fraction of sp³-hybridized carbons (Fsp3) is 0.0667. The molecule has 1 heterocycles. The Morgan fingerprint density at radius 2 is 2.00 bits per heavy atom. The van der Waals surface area contributed by atoms with Crippen molar-refractivity contribution in [1.29, 1.82) is 0 Å². The molecule has 0 saturated carbocycles. The molecule has 0 N–H and O–H groups in total. The largest absolute Gasteiger partial charge is 0.495 e. The molecule has 0 atom stereocenters. The first-order valence-electron chi connectivity index (χ1n) is 7.55. The topological polar surface area (TPSA) is 35.0 Å². The first kappa shape index (κ1) is 12.9. The van der Waals surface area contributed by atoms with Crippen molar-refractivity contribution in [3.05, 3.63) is 50.8 Å². The summed E-state index contributed by atoms with van der Waals surface area (Å²) in [6, 6.07) is 3.59. The molecule has 8 heteroatoms. The van der Waals surface area contributed by atoms with E-state index >= 15 is 0 Å². The van der Waals surface area contributed by atoms with Crippen molar-refractivity contribution in [2.24, 2.45) is 0 Å². The van der Waals surface area contributed by atoms with Gasteiger partial charge >= 0.3 is 0 Å². The second-order valence-electron chi connectivity index (χ2n) is 4.45. The lowest BCUT2D eigenvalue weighted by atomic mass is 10.0. The lowest BCUT2D eigenvalue weighted by molar-refractivity contribution is 0.417. The van der Waals surface area contributed by atoms with Gasteiger partial charge in [-0.1, -0.05) is 23.2 Å². The van der Waals surface area contributed by atoms with Crippen LogP contribution in [0.3, 0.4) is 0 Å². The van der Waals surface area contributed by atoms with Crippen LogP contribution < -0.4 is 4.74 Å². The summed E-state index contributed by atoms with van der Waals surface area (Å²) in [5.74, 6) is -2.02. The van der Waals surface area contributed by atoms with Crippen LogP contribution in [0.2, 0.25) is 10.2 Å². The van der Waals surface area contributed by atoms with Crippen LogP contribution in [-0.4, -0.2) is 17.0 Å². The highest BCUT2D eigenvalue weighted by molar-refractivity contribution is 9.10. The summed E-state index contributed by atoms with van der Waals surface area (Å²) in [5.41, 5.74) is 0.278. The van der Waals surface area contributed by atoms with Crippen LogP contribution in [0.15, 0.2) is 29.0 Å². The molecule has 118 valence electrons. The Morgan fingerprint density at radius 1 is 1.22 bits per heavy atom. The molecule has 1 aromatic heterocycles. The molecule has 0 saturated heterocycles. The van der Waals surface area contributed by atoms with Gasteiger partial charge in [-0.05, 0) is 34.1 Å². The highest BCUT2D eigenvalue weighted by Gasteiger charge is 2.21. The smallest absolute Gasteiger partial charge is 0.152 e. The van der Waals surface area contributed by atoms with E-state index in [0.717, 1.165) is 12.4 Å². The van der Waals surface area contributed by atoms with Crippen molar-refractivity contribution in [1.82, 2.24) is 9.97 Å². The number of hydrogen-bond donors (Lipinski definition) is 0. The quantitative estimate of drug-likeness (QED) is 0.395. The lowest BCUT2D eigenvalue weighted by Crippen LogP contribution is -1.96. The Balaban J connectivity index is 2.39. The third-order valence-corrected chi connectivity index (χ3v) is 4.42. The first-order chi connectivity index (χ1) is 12.1. The summed E-state index contributed by atoms with van der Waals surface area (Å²) in [6.07, 6.45) is 1.13. The Morgan fingerprint density at radius 3 is 2.74 bits per heavy atom. The molecule has 0 fully saturated rings. The molecule has 0 aliphatic carbocycles. The minimum Gasteiger partial charge on any atom is -0.495 e. The van der Waals surface area contributed by atoms with Gasteiger partial charge in [-0.2, -0.15) is 0 Å². The molecular weight excluding hydrogens is 413 g/mol. The summed E-state index contributed by atoms with van der Waals surface area (Å²) in [5, 5.41) is -0.699. The van der Waals surface area contributed by atoms with E-state index in [1.165, 1.54) is 12.1 Å². The van der Waals surface area contributed by atoms with Crippen LogP contribution in [0.1, 0.15) is 4.11 Å². The molecule has 0 spiro atoms. The first-order valence-corrected chi connectivity index (χ1v) is 7.60. The van der Waals surface area contributed by atoms with E-state index in [1.807, 2.05) is 0 Å². The molecular formula is C15H7BrCl2F2N2O. The van der Waals surface area contributed by atoms with Crippen LogP contribution in [-0.2, 0) is 0 Å². The molecule has 0 aliphatic heterocycles. The zero-order chi connectivity index (χ0) is 19.2. The van der Waals surface area contributed by atoms with E-state index in [1.54, 1.807) is 0 Å². The lowest BCUT2D eigenvalue weighted by Gasteiger charge is -2.13. The standard InChI is InChI=1S/C15H7BrCl2F2N2O/c1-23-14-8(16)4-7(13-10(14)15(18)22-5-21-13)6-2-3-9(19)11(17)12(6)20/h2-5H,1H3/i1D3. The molecule has 0 unspecified atom stereocenters. The highest BCUT2D eigenvalue weighted by Crippen LogP contribution is 2.43. The number of methoxy groups -OCH3 is 1. The molecule has 0 bridgehead atoms. The van der Waals surface area contributed by atoms with E-state index in [2.05, 4.69) is 25.9 Å². The summed E-state index contributed by atoms with van der Waals surface area (Å²) in [6.45, 7) is 0. The molecule has 0 amide bonds. The molecule has 0 radical (unpaired) electrons. The Hall–Kier alpha value is -1.50. The van der Waals surface area contributed by atoms with Crippen LogP contribution >= 0.6 is 39.1 Å². The van der Waals surface area contributed by atoms with Gasteiger partial charge in [-0.15, -0.1) is 0 Å². The van der Waals surface area contributed by atoms with Gasteiger partial charge in [0, 0.05) is 11.1 Å². The van der Waals surface area contributed by atoms with Gasteiger partial charge in [0.1, 0.15) is 28.1 Å². The van der Waals surface area contributed by atoms with Gasteiger partial charge in [0.2, 0.25) is 0 Å². The van der Waals surface area contributed by atoms with E-state index in [9.17, 15) is 8.78 Å².